The Bertz CT molecular complexity index is 1150. The quantitative estimate of drug-likeness (QED) is 0.456. The largest absolute Gasteiger partial charge is 0.493 e. The number of hydrogen-bond acceptors (Lipinski definition) is 5. The van der Waals surface area contributed by atoms with Crippen molar-refractivity contribution in [2.75, 3.05) is 33.4 Å². The number of rotatable bonds is 7. The number of nitrogens with one attached hydrogen (secondary N) is 1. The molecule has 0 saturated carbocycles. The molecule has 1 aliphatic heterocycles. The minimum Gasteiger partial charge on any atom is -0.493 e. The van der Waals surface area contributed by atoms with Gasteiger partial charge >= 0.3 is 0 Å². The van der Waals surface area contributed by atoms with Crippen LogP contribution in [0, 0.1) is 0 Å². The molecule has 5 rings (SSSR count). The Hall–Kier alpha value is -3.12. The first-order valence-corrected chi connectivity index (χ1v) is 10.6. The first kappa shape index (κ1) is 18.9. The Balaban J connectivity index is 1.46. The lowest BCUT2D eigenvalue weighted by atomic mass is 10.1. The maximum atomic E-state index is 6.11. The van der Waals surface area contributed by atoms with E-state index in [0.717, 1.165) is 57.5 Å². The second-order valence-corrected chi connectivity index (χ2v) is 7.74. The van der Waals surface area contributed by atoms with Gasteiger partial charge in [0, 0.05) is 47.5 Å². The standard InChI is InChI=1S/C24H26N4O2/c1-29-21-15-18-20(16-22(21)30-14-4-13-28-11-2-3-12-28)27-19-7-10-26-24(23(18)19)17-5-8-25-9-6-17/h5-10,15-16,27H,2-4,11-14H2,1H3. The minimum absolute atomic E-state index is 0.683. The summed E-state index contributed by atoms with van der Waals surface area (Å²) in [6.45, 7) is 4.22. The zero-order valence-electron chi connectivity index (χ0n) is 17.2. The molecule has 4 aromatic rings. The molecule has 154 valence electrons. The van der Waals surface area contributed by atoms with Gasteiger partial charge in [-0.1, -0.05) is 0 Å². The van der Waals surface area contributed by atoms with Gasteiger partial charge in [-0.3, -0.25) is 9.97 Å². The second kappa shape index (κ2) is 8.32. The first-order valence-electron chi connectivity index (χ1n) is 10.6. The van der Waals surface area contributed by atoms with Crippen LogP contribution in [-0.4, -0.2) is 53.2 Å². The molecule has 30 heavy (non-hydrogen) atoms. The van der Waals surface area contributed by atoms with Gasteiger partial charge in [-0.15, -0.1) is 0 Å². The molecule has 0 aliphatic carbocycles. The lowest BCUT2D eigenvalue weighted by Gasteiger charge is -2.15. The smallest absolute Gasteiger partial charge is 0.163 e. The van der Waals surface area contributed by atoms with Crippen LogP contribution in [0.15, 0.2) is 48.9 Å². The molecular weight excluding hydrogens is 376 g/mol. The maximum absolute atomic E-state index is 6.11. The van der Waals surface area contributed by atoms with E-state index in [1.807, 2.05) is 30.5 Å². The average molecular weight is 402 g/mol. The van der Waals surface area contributed by atoms with Crippen molar-refractivity contribution in [1.82, 2.24) is 19.9 Å². The van der Waals surface area contributed by atoms with E-state index in [0.29, 0.717) is 6.61 Å². The number of fused-ring (bicyclic) bond motifs is 3. The van der Waals surface area contributed by atoms with E-state index in [4.69, 9.17) is 9.47 Å². The van der Waals surface area contributed by atoms with Crippen LogP contribution in [0.4, 0.5) is 0 Å². The van der Waals surface area contributed by atoms with Gasteiger partial charge in [-0.05, 0) is 56.6 Å². The van der Waals surface area contributed by atoms with E-state index >= 15 is 0 Å². The van der Waals surface area contributed by atoms with Crippen LogP contribution in [0.1, 0.15) is 19.3 Å². The first-order chi connectivity index (χ1) is 14.8. The Morgan fingerprint density at radius 2 is 1.83 bits per heavy atom. The van der Waals surface area contributed by atoms with Crippen molar-refractivity contribution < 1.29 is 9.47 Å². The lowest BCUT2D eigenvalue weighted by Crippen LogP contribution is -2.21. The molecule has 1 aliphatic rings. The van der Waals surface area contributed by atoms with E-state index in [2.05, 4.69) is 25.9 Å². The van der Waals surface area contributed by atoms with Crippen LogP contribution in [0.3, 0.4) is 0 Å². The molecule has 6 heteroatoms. The van der Waals surface area contributed by atoms with Crippen LogP contribution < -0.4 is 9.47 Å². The van der Waals surface area contributed by atoms with Crippen LogP contribution >= 0.6 is 0 Å². The second-order valence-electron chi connectivity index (χ2n) is 7.74. The van der Waals surface area contributed by atoms with Crippen LogP contribution in [0.5, 0.6) is 11.5 Å². The number of methoxy groups -OCH3 is 1. The third-order valence-corrected chi connectivity index (χ3v) is 5.82. The normalized spacial score (nSPS) is 14.6. The number of pyridine rings is 2. The van der Waals surface area contributed by atoms with Crippen molar-refractivity contribution in [2.24, 2.45) is 0 Å². The molecule has 1 N–H and O–H groups in total. The molecule has 1 fully saturated rings. The molecule has 0 spiro atoms. The van der Waals surface area contributed by atoms with Gasteiger partial charge in [0.05, 0.1) is 30.4 Å². The van der Waals surface area contributed by atoms with Crippen molar-refractivity contribution in [1.29, 1.82) is 0 Å². The Labute approximate surface area is 175 Å². The van der Waals surface area contributed by atoms with Gasteiger partial charge in [0.15, 0.2) is 11.5 Å². The summed E-state index contributed by atoms with van der Waals surface area (Å²) in [7, 11) is 1.69. The molecular formula is C24H26N4O2. The van der Waals surface area contributed by atoms with Gasteiger partial charge < -0.3 is 19.4 Å². The molecule has 0 unspecified atom stereocenters. The molecule has 0 amide bonds. The predicted octanol–water partition coefficient (Wildman–Crippen LogP) is 4.65. The number of hydrogen-bond donors (Lipinski definition) is 1. The molecule has 6 nitrogen and oxygen atoms in total. The summed E-state index contributed by atoms with van der Waals surface area (Å²) in [6.07, 6.45) is 9.08. The number of benzene rings is 1. The highest BCUT2D eigenvalue weighted by Crippen LogP contribution is 2.39. The third kappa shape index (κ3) is 3.59. The Kier molecular flexibility index (Phi) is 5.24. The lowest BCUT2D eigenvalue weighted by molar-refractivity contribution is 0.254. The molecule has 3 aromatic heterocycles. The molecule has 1 aromatic carbocycles. The summed E-state index contributed by atoms with van der Waals surface area (Å²) < 4.78 is 11.8. The number of nitrogens with zero attached hydrogens (tertiary/aromatic N) is 3. The summed E-state index contributed by atoms with van der Waals surface area (Å²) in [6, 6.07) is 10.1. The van der Waals surface area contributed by atoms with Gasteiger partial charge in [0.2, 0.25) is 0 Å². The monoisotopic (exact) mass is 402 g/mol. The number of aromatic amines is 1. The van der Waals surface area contributed by atoms with Crippen LogP contribution in [0.25, 0.3) is 33.1 Å². The summed E-state index contributed by atoms with van der Waals surface area (Å²) >= 11 is 0. The van der Waals surface area contributed by atoms with Gasteiger partial charge in [-0.2, -0.15) is 0 Å². The predicted molar refractivity (Wildman–Crippen MR) is 119 cm³/mol. The third-order valence-electron chi connectivity index (χ3n) is 5.82. The van der Waals surface area contributed by atoms with Gasteiger partial charge in [-0.25, -0.2) is 0 Å². The average Bonchev–Trinajstić information content (AvgIpc) is 3.43. The van der Waals surface area contributed by atoms with E-state index in [1.165, 1.54) is 25.9 Å². The maximum Gasteiger partial charge on any atom is 0.163 e. The summed E-state index contributed by atoms with van der Waals surface area (Å²) in [5, 5.41) is 2.16. The molecule has 1 saturated heterocycles. The highest BCUT2D eigenvalue weighted by atomic mass is 16.5. The number of ether oxygens (including phenoxy) is 2. The van der Waals surface area contributed by atoms with Crippen LogP contribution in [0.2, 0.25) is 0 Å². The fourth-order valence-corrected chi connectivity index (χ4v) is 4.33. The molecule has 0 radical (unpaired) electrons. The van der Waals surface area contributed by atoms with E-state index in [-0.39, 0.29) is 0 Å². The number of H-pyrrole nitrogens is 1. The SMILES string of the molecule is COc1cc2c(cc1OCCCN1CCCC1)[nH]c1ccnc(-c3ccncc3)c12. The summed E-state index contributed by atoms with van der Waals surface area (Å²) in [5.74, 6) is 1.52. The Morgan fingerprint density at radius 3 is 2.63 bits per heavy atom. The minimum atomic E-state index is 0.683. The van der Waals surface area contributed by atoms with E-state index < -0.39 is 0 Å². The molecule has 0 atom stereocenters. The fraction of sp³-hybridized carbons (Fsp3) is 0.333. The fourth-order valence-electron chi connectivity index (χ4n) is 4.33. The van der Waals surface area contributed by atoms with Crippen LogP contribution in [-0.2, 0) is 0 Å². The Morgan fingerprint density at radius 1 is 1.00 bits per heavy atom. The zero-order valence-corrected chi connectivity index (χ0v) is 17.2. The van der Waals surface area contributed by atoms with E-state index in [9.17, 15) is 0 Å². The van der Waals surface area contributed by atoms with Gasteiger partial charge in [0.1, 0.15) is 0 Å². The van der Waals surface area contributed by atoms with Crippen molar-refractivity contribution in [3.63, 3.8) is 0 Å². The molecule has 0 bridgehead atoms. The molecule has 4 heterocycles. The summed E-state index contributed by atoms with van der Waals surface area (Å²) in [5.41, 5.74) is 4.03. The zero-order chi connectivity index (χ0) is 20.3. The van der Waals surface area contributed by atoms with Crippen molar-refractivity contribution in [3.8, 4) is 22.8 Å². The summed E-state index contributed by atoms with van der Waals surface area (Å²) in [4.78, 5) is 14.8. The van der Waals surface area contributed by atoms with Crippen molar-refractivity contribution in [2.45, 2.75) is 19.3 Å². The number of likely N-dealkylation sites (tertiary alicyclic amines) is 1. The topological polar surface area (TPSA) is 63.3 Å². The highest BCUT2D eigenvalue weighted by Gasteiger charge is 2.16. The van der Waals surface area contributed by atoms with Crippen molar-refractivity contribution >= 4 is 21.8 Å². The number of aromatic nitrogens is 3. The van der Waals surface area contributed by atoms with Crippen molar-refractivity contribution in [3.05, 3.63) is 48.9 Å². The van der Waals surface area contributed by atoms with E-state index in [1.54, 1.807) is 19.5 Å². The van der Waals surface area contributed by atoms with Gasteiger partial charge in [0.25, 0.3) is 0 Å². The highest BCUT2D eigenvalue weighted by molar-refractivity contribution is 6.13.